The maximum Gasteiger partial charge on any atom is 0.321 e. The second kappa shape index (κ2) is 10.9. The summed E-state index contributed by atoms with van der Waals surface area (Å²) in [4.78, 5) is 38.8. The number of hydrogen-bond acceptors (Lipinski definition) is 7. The maximum absolute atomic E-state index is 14.1. The van der Waals surface area contributed by atoms with Crippen LogP contribution in [0, 0.1) is 11.6 Å². The maximum atomic E-state index is 14.1. The van der Waals surface area contributed by atoms with Crippen LogP contribution in [0.25, 0.3) is 10.3 Å². The van der Waals surface area contributed by atoms with Gasteiger partial charge in [0, 0.05) is 52.8 Å². The van der Waals surface area contributed by atoms with Crippen LogP contribution in [0.1, 0.15) is 13.3 Å². The van der Waals surface area contributed by atoms with Gasteiger partial charge in [-0.3, -0.25) is 15.0 Å². The van der Waals surface area contributed by atoms with Crippen molar-refractivity contribution in [3.05, 3.63) is 42.0 Å². The molecule has 2 N–H and O–H groups in total. The minimum Gasteiger partial charge on any atom is -0.340 e. The van der Waals surface area contributed by atoms with E-state index in [0.29, 0.717) is 27.8 Å². The average molecular weight is 504 g/mol. The summed E-state index contributed by atoms with van der Waals surface area (Å²) in [6, 6.07) is 6.44. The molecule has 9 nitrogen and oxygen atoms in total. The molecule has 0 bridgehead atoms. The predicted octanol–water partition coefficient (Wildman–Crippen LogP) is 3.41. The molecule has 0 radical (unpaired) electrons. The number of hydrogen-bond donors (Lipinski definition) is 2. The van der Waals surface area contributed by atoms with Gasteiger partial charge in [0.05, 0.1) is 5.69 Å². The lowest BCUT2D eigenvalue weighted by atomic mass is 10.2. The third-order valence-electron chi connectivity index (χ3n) is 5.83. The minimum atomic E-state index is -0.684. The molecule has 0 unspecified atom stereocenters. The van der Waals surface area contributed by atoms with E-state index in [2.05, 4.69) is 25.5 Å². The summed E-state index contributed by atoms with van der Waals surface area (Å²) in [5.41, 5.74) is 0.799. The van der Waals surface area contributed by atoms with E-state index >= 15 is 0 Å². The molecule has 0 atom stereocenters. The number of urea groups is 1. The highest BCUT2D eigenvalue weighted by Gasteiger charge is 2.18. The van der Waals surface area contributed by atoms with E-state index in [9.17, 15) is 18.4 Å². The Morgan fingerprint density at radius 2 is 1.89 bits per heavy atom. The van der Waals surface area contributed by atoms with E-state index in [1.807, 2.05) is 4.90 Å². The van der Waals surface area contributed by atoms with Crippen molar-refractivity contribution >= 4 is 50.3 Å². The summed E-state index contributed by atoms with van der Waals surface area (Å²) in [6.07, 6.45) is 0.796. The van der Waals surface area contributed by atoms with Gasteiger partial charge >= 0.3 is 6.03 Å². The lowest BCUT2D eigenvalue weighted by molar-refractivity contribution is -0.130. The normalized spacial score (nSPS) is 14.2. The van der Waals surface area contributed by atoms with Gasteiger partial charge in [0.2, 0.25) is 5.91 Å². The van der Waals surface area contributed by atoms with Crippen LogP contribution in [0.5, 0.6) is 0 Å². The van der Waals surface area contributed by atoms with Gasteiger partial charge in [0.25, 0.3) is 0 Å². The third-order valence-corrected chi connectivity index (χ3v) is 6.71. The Morgan fingerprint density at radius 3 is 2.60 bits per heavy atom. The number of fused-ring (bicyclic) bond motifs is 1. The molecule has 1 saturated heterocycles. The molecule has 1 aromatic carbocycles. The molecule has 0 aliphatic carbocycles. The highest BCUT2D eigenvalue weighted by atomic mass is 32.1. The number of thiazole rings is 1. The van der Waals surface area contributed by atoms with Crippen LogP contribution < -0.4 is 15.5 Å². The van der Waals surface area contributed by atoms with Crippen molar-refractivity contribution in [2.45, 2.75) is 13.3 Å². The van der Waals surface area contributed by atoms with Crippen molar-refractivity contribution in [1.82, 2.24) is 25.1 Å². The number of anilines is 3. The number of pyridine rings is 1. The zero-order valence-corrected chi connectivity index (χ0v) is 20.4. The van der Waals surface area contributed by atoms with E-state index in [0.717, 1.165) is 45.2 Å². The van der Waals surface area contributed by atoms with Crippen LogP contribution in [0.4, 0.5) is 30.2 Å². The molecule has 0 saturated carbocycles. The first-order valence-corrected chi connectivity index (χ1v) is 12.1. The van der Waals surface area contributed by atoms with Crippen molar-refractivity contribution in [3.8, 4) is 0 Å². The Morgan fingerprint density at radius 1 is 1.11 bits per heavy atom. The number of nitrogens with one attached hydrogen (secondary N) is 2. The SMILES string of the molecule is CC(=O)N1CCN(CCCNC(=O)Nc2nc3ccc(N(C)c4ccc(F)cc4F)nc3s2)CC1. The Hall–Kier alpha value is -3.38. The monoisotopic (exact) mass is 503 g/mol. The van der Waals surface area contributed by atoms with Crippen molar-refractivity contribution in [2.75, 3.05) is 56.5 Å². The van der Waals surface area contributed by atoms with Crippen LogP contribution in [0.15, 0.2) is 30.3 Å². The van der Waals surface area contributed by atoms with Crippen LogP contribution in [-0.4, -0.2) is 78.0 Å². The molecule has 12 heteroatoms. The largest absolute Gasteiger partial charge is 0.340 e. The fraction of sp³-hybridized carbons (Fsp3) is 0.391. The lowest BCUT2D eigenvalue weighted by Gasteiger charge is -2.34. The molecule has 3 heterocycles. The number of benzene rings is 1. The highest BCUT2D eigenvalue weighted by Crippen LogP contribution is 2.30. The second-order valence-corrected chi connectivity index (χ2v) is 9.23. The molecule has 1 aliphatic rings. The fourth-order valence-corrected chi connectivity index (χ4v) is 4.68. The predicted molar refractivity (Wildman–Crippen MR) is 132 cm³/mol. The van der Waals surface area contributed by atoms with Crippen LogP contribution in [0.2, 0.25) is 0 Å². The first-order valence-electron chi connectivity index (χ1n) is 11.3. The number of halogens is 2. The Balaban J connectivity index is 1.27. The Kier molecular flexibility index (Phi) is 7.71. The first-order chi connectivity index (χ1) is 16.8. The van der Waals surface area contributed by atoms with Gasteiger partial charge in [0.1, 0.15) is 27.8 Å². The second-order valence-electron chi connectivity index (χ2n) is 8.25. The summed E-state index contributed by atoms with van der Waals surface area (Å²) in [5, 5.41) is 5.96. The summed E-state index contributed by atoms with van der Waals surface area (Å²) < 4.78 is 27.3. The molecule has 3 aromatic rings. The molecule has 1 aliphatic heterocycles. The zero-order valence-electron chi connectivity index (χ0n) is 19.6. The van der Waals surface area contributed by atoms with Crippen LogP contribution >= 0.6 is 11.3 Å². The Labute approximate surface area is 205 Å². The van der Waals surface area contributed by atoms with Crippen LogP contribution in [-0.2, 0) is 4.79 Å². The van der Waals surface area contributed by atoms with Gasteiger partial charge in [-0.2, -0.15) is 0 Å². The van der Waals surface area contributed by atoms with Gasteiger partial charge < -0.3 is 15.1 Å². The molecule has 1 fully saturated rings. The molecular formula is C23H27F2N7O2S. The number of rotatable bonds is 7. The molecular weight excluding hydrogens is 476 g/mol. The lowest BCUT2D eigenvalue weighted by Crippen LogP contribution is -2.48. The van der Waals surface area contributed by atoms with Gasteiger partial charge in [-0.1, -0.05) is 11.3 Å². The Bertz CT molecular complexity index is 1210. The molecule has 186 valence electrons. The molecule has 4 rings (SSSR count). The number of nitrogens with zero attached hydrogens (tertiary/aromatic N) is 5. The molecule has 35 heavy (non-hydrogen) atoms. The summed E-state index contributed by atoms with van der Waals surface area (Å²) in [6.45, 7) is 6.12. The number of carbonyl (C=O) groups is 2. The van der Waals surface area contributed by atoms with Gasteiger partial charge in [-0.05, 0) is 37.2 Å². The number of aromatic nitrogens is 2. The molecule has 3 amide bonds. The summed E-state index contributed by atoms with van der Waals surface area (Å²) in [5.74, 6) is -0.757. The highest BCUT2D eigenvalue weighted by molar-refractivity contribution is 7.22. The van der Waals surface area contributed by atoms with E-state index in [1.165, 1.54) is 28.4 Å². The quantitative estimate of drug-likeness (QED) is 0.480. The molecule has 0 spiro atoms. The van der Waals surface area contributed by atoms with E-state index in [4.69, 9.17) is 0 Å². The first kappa shape index (κ1) is 24.7. The summed E-state index contributed by atoms with van der Waals surface area (Å²) >= 11 is 1.21. The van der Waals surface area contributed by atoms with E-state index in [-0.39, 0.29) is 17.6 Å². The smallest absolute Gasteiger partial charge is 0.321 e. The standard InChI is InChI=1S/C23H27F2N7O2S/c1-15(33)32-12-10-31(11-13-32)9-3-8-26-22(34)29-23-27-18-5-7-20(28-21(18)35-23)30(2)19-6-4-16(24)14-17(19)25/h4-7,14H,3,8-13H2,1-2H3,(H2,26,27,29,34). The van der Waals surface area contributed by atoms with Crippen molar-refractivity contribution in [3.63, 3.8) is 0 Å². The summed E-state index contributed by atoms with van der Waals surface area (Å²) in [7, 11) is 1.64. The number of amides is 3. The van der Waals surface area contributed by atoms with Crippen molar-refractivity contribution in [2.24, 2.45) is 0 Å². The van der Waals surface area contributed by atoms with E-state index < -0.39 is 11.6 Å². The van der Waals surface area contributed by atoms with Crippen molar-refractivity contribution in [1.29, 1.82) is 0 Å². The van der Waals surface area contributed by atoms with Gasteiger partial charge in [-0.15, -0.1) is 0 Å². The van der Waals surface area contributed by atoms with Crippen LogP contribution in [0.3, 0.4) is 0 Å². The number of piperazine rings is 1. The minimum absolute atomic E-state index is 0.109. The average Bonchev–Trinajstić information content (AvgIpc) is 3.23. The zero-order chi connectivity index (χ0) is 24.9. The fourth-order valence-electron chi connectivity index (χ4n) is 3.86. The number of carbonyl (C=O) groups excluding carboxylic acids is 2. The van der Waals surface area contributed by atoms with Gasteiger partial charge in [-0.25, -0.2) is 23.5 Å². The van der Waals surface area contributed by atoms with E-state index in [1.54, 1.807) is 26.1 Å². The van der Waals surface area contributed by atoms with Gasteiger partial charge in [0.15, 0.2) is 5.13 Å². The van der Waals surface area contributed by atoms with Crippen molar-refractivity contribution < 1.29 is 18.4 Å². The third kappa shape index (κ3) is 6.20. The topological polar surface area (TPSA) is 93.7 Å². The molecule has 2 aromatic heterocycles.